The van der Waals surface area contributed by atoms with Crippen molar-refractivity contribution in [3.8, 4) is 0 Å². The summed E-state index contributed by atoms with van der Waals surface area (Å²) in [5.41, 5.74) is 2.37. The van der Waals surface area contributed by atoms with Crippen molar-refractivity contribution in [2.45, 2.75) is 6.42 Å². The molecule has 5 nitrogen and oxygen atoms in total. The van der Waals surface area contributed by atoms with Gasteiger partial charge in [0.25, 0.3) is 11.8 Å². The lowest BCUT2D eigenvalue weighted by atomic mass is 10.1. The van der Waals surface area contributed by atoms with Crippen LogP contribution in [0.15, 0.2) is 73.1 Å². The fraction of sp³-hybridized carbons (Fsp3) is 0.0952. The Hall–Kier alpha value is -3.18. The number of amides is 2. The van der Waals surface area contributed by atoms with E-state index >= 15 is 0 Å². The number of aromatic nitrogens is 1. The van der Waals surface area contributed by atoms with Crippen molar-refractivity contribution in [1.29, 1.82) is 0 Å². The third-order valence-corrected chi connectivity index (χ3v) is 4.12. The highest BCUT2D eigenvalue weighted by atomic mass is 35.5. The maximum absolute atomic E-state index is 12.3. The second-order valence-corrected chi connectivity index (χ2v) is 6.35. The fourth-order valence-electron chi connectivity index (χ4n) is 2.53. The lowest BCUT2D eigenvalue weighted by molar-refractivity contribution is 0.0953. The van der Waals surface area contributed by atoms with Gasteiger partial charge < -0.3 is 10.6 Å². The molecule has 1 aromatic heterocycles. The first-order valence-corrected chi connectivity index (χ1v) is 8.84. The number of nitrogens with one attached hydrogen (secondary N) is 2. The molecule has 2 amide bonds. The van der Waals surface area contributed by atoms with Gasteiger partial charge in [-0.3, -0.25) is 14.6 Å². The fourth-order valence-corrected chi connectivity index (χ4v) is 2.74. The summed E-state index contributed by atoms with van der Waals surface area (Å²) in [5, 5.41) is 6.27. The van der Waals surface area contributed by atoms with Crippen LogP contribution in [0.5, 0.6) is 0 Å². The summed E-state index contributed by atoms with van der Waals surface area (Å²) in [6.45, 7) is 0.458. The second kappa shape index (κ2) is 8.96. The number of rotatable bonds is 6. The van der Waals surface area contributed by atoms with Crippen molar-refractivity contribution in [2.24, 2.45) is 0 Å². The monoisotopic (exact) mass is 379 g/mol. The molecule has 0 aliphatic heterocycles. The molecule has 0 aliphatic carbocycles. The van der Waals surface area contributed by atoms with Gasteiger partial charge >= 0.3 is 0 Å². The number of anilines is 1. The lowest BCUT2D eigenvalue weighted by Crippen LogP contribution is -2.26. The smallest absolute Gasteiger partial charge is 0.257 e. The highest BCUT2D eigenvalue weighted by Crippen LogP contribution is 2.11. The maximum atomic E-state index is 12.3. The van der Waals surface area contributed by atoms with Gasteiger partial charge in [0.2, 0.25) is 0 Å². The third kappa shape index (κ3) is 5.39. The van der Waals surface area contributed by atoms with Crippen molar-refractivity contribution in [3.63, 3.8) is 0 Å². The molecule has 136 valence electrons. The highest BCUT2D eigenvalue weighted by molar-refractivity contribution is 6.30. The number of benzene rings is 2. The number of pyridine rings is 1. The van der Waals surface area contributed by atoms with E-state index in [4.69, 9.17) is 11.6 Å². The molecular weight excluding hydrogens is 362 g/mol. The number of halogens is 1. The molecule has 1 heterocycles. The summed E-state index contributed by atoms with van der Waals surface area (Å²) < 4.78 is 0. The molecule has 0 unspecified atom stereocenters. The number of hydrogen-bond acceptors (Lipinski definition) is 3. The molecule has 6 heteroatoms. The standard InChI is InChI=1S/C21H18ClN3O2/c22-18-6-4-5-15(11-18)9-10-24-20(26)16-12-17(14-23-13-16)21(27)25-19-7-2-1-3-8-19/h1-8,11-14H,9-10H2,(H,24,26)(H,25,27). The van der Waals surface area contributed by atoms with E-state index in [2.05, 4.69) is 15.6 Å². The predicted molar refractivity (Wildman–Crippen MR) is 106 cm³/mol. The van der Waals surface area contributed by atoms with Crippen molar-refractivity contribution >= 4 is 29.1 Å². The van der Waals surface area contributed by atoms with Crippen LogP contribution in [0.4, 0.5) is 5.69 Å². The van der Waals surface area contributed by atoms with E-state index in [1.807, 2.05) is 36.4 Å². The zero-order chi connectivity index (χ0) is 19.1. The zero-order valence-electron chi connectivity index (χ0n) is 14.5. The van der Waals surface area contributed by atoms with Crippen molar-refractivity contribution in [2.75, 3.05) is 11.9 Å². The van der Waals surface area contributed by atoms with E-state index < -0.39 is 0 Å². The number of carbonyl (C=O) groups is 2. The summed E-state index contributed by atoms with van der Waals surface area (Å²) in [7, 11) is 0. The summed E-state index contributed by atoms with van der Waals surface area (Å²) in [6, 6.07) is 18.1. The molecule has 0 atom stereocenters. The summed E-state index contributed by atoms with van der Waals surface area (Å²) in [4.78, 5) is 28.7. The van der Waals surface area contributed by atoms with Crippen LogP contribution in [0.3, 0.4) is 0 Å². The average Bonchev–Trinajstić information content (AvgIpc) is 2.69. The molecule has 0 bridgehead atoms. The Balaban J connectivity index is 1.59. The summed E-state index contributed by atoms with van der Waals surface area (Å²) >= 11 is 5.95. The topological polar surface area (TPSA) is 71.1 Å². The van der Waals surface area contributed by atoms with Crippen molar-refractivity contribution < 1.29 is 9.59 Å². The number of carbonyl (C=O) groups excluding carboxylic acids is 2. The van der Waals surface area contributed by atoms with Crippen LogP contribution in [0.25, 0.3) is 0 Å². The largest absolute Gasteiger partial charge is 0.352 e. The third-order valence-electron chi connectivity index (χ3n) is 3.88. The Morgan fingerprint density at radius 1 is 0.889 bits per heavy atom. The second-order valence-electron chi connectivity index (χ2n) is 5.92. The first-order valence-electron chi connectivity index (χ1n) is 8.46. The van der Waals surface area contributed by atoms with Gasteiger partial charge in [0.05, 0.1) is 11.1 Å². The zero-order valence-corrected chi connectivity index (χ0v) is 15.2. The Kier molecular flexibility index (Phi) is 6.18. The number of nitrogens with zero attached hydrogens (tertiary/aromatic N) is 1. The van der Waals surface area contributed by atoms with E-state index in [-0.39, 0.29) is 11.8 Å². The van der Waals surface area contributed by atoms with E-state index in [0.717, 1.165) is 5.56 Å². The minimum absolute atomic E-state index is 0.279. The Morgan fingerprint density at radius 3 is 2.37 bits per heavy atom. The Labute approximate surface area is 162 Å². The normalized spacial score (nSPS) is 10.3. The summed E-state index contributed by atoms with van der Waals surface area (Å²) in [5.74, 6) is -0.596. The predicted octanol–water partition coefficient (Wildman–Crippen LogP) is 3.96. The number of para-hydroxylation sites is 1. The maximum Gasteiger partial charge on any atom is 0.257 e. The van der Waals surface area contributed by atoms with E-state index in [1.165, 1.54) is 18.5 Å². The van der Waals surface area contributed by atoms with Gasteiger partial charge in [-0.1, -0.05) is 41.9 Å². The van der Waals surface area contributed by atoms with E-state index in [0.29, 0.717) is 34.8 Å². The molecule has 27 heavy (non-hydrogen) atoms. The van der Waals surface area contributed by atoms with Crippen LogP contribution in [-0.2, 0) is 6.42 Å². The molecule has 3 rings (SSSR count). The minimum Gasteiger partial charge on any atom is -0.352 e. The number of hydrogen-bond donors (Lipinski definition) is 2. The van der Waals surface area contributed by atoms with Gasteiger partial charge in [-0.2, -0.15) is 0 Å². The van der Waals surface area contributed by atoms with Crippen LogP contribution in [0.1, 0.15) is 26.3 Å². The first kappa shape index (κ1) is 18.6. The van der Waals surface area contributed by atoms with Crippen LogP contribution < -0.4 is 10.6 Å². The van der Waals surface area contributed by atoms with E-state index in [9.17, 15) is 9.59 Å². The van der Waals surface area contributed by atoms with Crippen molar-refractivity contribution in [3.05, 3.63) is 94.8 Å². The van der Waals surface area contributed by atoms with Crippen LogP contribution in [0, 0.1) is 0 Å². The molecule has 0 saturated carbocycles. The minimum atomic E-state index is -0.317. The molecule has 3 aromatic rings. The van der Waals surface area contributed by atoms with Gasteiger partial charge in [0, 0.05) is 29.6 Å². The van der Waals surface area contributed by atoms with Gasteiger partial charge in [0.1, 0.15) is 0 Å². The molecule has 0 radical (unpaired) electrons. The molecule has 2 aromatic carbocycles. The van der Waals surface area contributed by atoms with Crippen LogP contribution in [-0.4, -0.2) is 23.3 Å². The van der Waals surface area contributed by atoms with Crippen molar-refractivity contribution in [1.82, 2.24) is 10.3 Å². The SMILES string of the molecule is O=C(NCCc1cccc(Cl)c1)c1cncc(C(=O)Nc2ccccc2)c1. The highest BCUT2D eigenvalue weighted by Gasteiger charge is 2.11. The molecule has 0 saturated heterocycles. The Bertz CT molecular complexity index is 945. The van der Waals surface area contributed by atoms with Crippen LogP contribution >= 0.6 is 11.6 Å². The van der Waals surface area contributed by atoms with E-state index in [1.54, 1.807) is 18.2 Å². The molecule has 0 fully saturated rings. The Morgan fingerprint density at radius 2 is 1.63 bits per heavy atom. The lowest BCUT2D eigenvalue weighted by Gasteiger charge is -2.08. The molecule has 0 spiro atoms. The quantitative estimate of drug-likeness (QED) is 0.681. The summed E-state index contributed by atoms with van der Waals surface area (Å²) in [6.07, 6.45) is 3.53. The average molecular weight is 380 g/mol. The molecular formula is C21H18ClN3O2. The van der Waals surface area contributed by atoms with Gasteiger partial charge in [-0.25, -0.2) is 0 Å². The van der Waals surface area contributed by atoms with Gasteiger partial charge in [0.15, 0.2) is 0 Å². The first-order chi connectivity index (χ1) is 13.1. The van der Waals surface area contributed by atoms with Gasteiger partial charge in [-0.05, 0) is 42.3 Å². The molecule has 0 aliphatic rings. The van der Waals surface area contributed by atoms with Crippen LogP contribution in [0.2, 0.25) is 5.02 Å². The molecule has 2 N–H and O–H groups in total. The van der Waals surface area contributed by atoms with Gasteiger partial charge in [-0.15, -0.1) is 0 Å².